The van der Waals surface area contributed by atoms with Gasteiger partial charge in [-0.1, -0.05) is 23.7 Å². The molecule has 1 aromatic heterocycles. The molecule has 0 aliphatic carbocycles. The smallest absolute Gasteiger partial charge is 0.271 e. The van der Waals surface area contributed by atoms with Gasteiger partial charge in [-0.3, -0.25) is 14.4 Å². The number of halogens is 1. The Morgan fingerprint density at radius 1 is 1.25 bits per heavy atom. The van der Waals surface area contributed by atoms with Gasteiger partial charge in [0.2, 0.25) is 0 Å². The molecule has 3 heterocycles. The van der Waals surface area contributed by atoms with Crippen molar-refractivity contribution in [1.82, 2.24) is 20.0 Å². The molecular weight excluding hydrogens is 452 g/mol. The van der Waals surface area contributed by atoms with Crippen LogP contribution >= 0.6 is 11.6 Å². The number of morpholine rings is 1. The van der Waals surface area contributed by atoms with Crippen LogP contribution in [0.5, 0.6) is 0 Å². The second kappa shape index (κ2) is 9.13. The summed E-state index contributed by atoms with van der Waals surface area (Å²) in [5.74, 6) is -0.117. The fourth-order valence-corrected chi connectivity index (χ4v) is 6.07. The van der Waals surface area contributed by atoms with Gasteiger partial charge >= 0.3 is 0 Å². The van der Waals surface area contributed by atoms with Crippen LogP contribution in [-0.4, -0.2) is 78.9 Å². The summed E-state index contributed by atoms with van der Waals surface area (Å²) in [4.78, 5) is 15.3. The van der Waals surface area contributed by atoms with Gasteiger partial charge in [-0.2, -0.15) is 5.10 Å². The van der Waals surface area contributed by atoms with E-state index in [0.29, 0.717) is 36.9 Å². The zero-order valence-corrected chi connectivity index (χ0v) is 20.0. The molecule has 2 aliphatic heterocycles. The fourth-order valence-electron chi connectivity index (χ4n) is 4.26. The third-order valence-corrected chi connectivity index (χ3v) is 8.21. The van der Waals surface area contributed by atoms with E-state index in [1.165, 1.54) is 0 Å². The molecule has 1 unspecified atom stereocenters. The van der Waals surface area contributed by atoms with Gasteiger partial charge in [-0.05, 0) is 44.0 Å². The average molecular weight is 481 g/mol. The van der Waals surface area contributed by atoms with Gasteiger partial charge in [0.05, 0.1) is 36.5 Å². The van der Waals surface area contributed by atoms with Gasteiger partial charge in [-0.15, -0.1) is 0 Å². The van der Waals surface area contributed by atoms with E-state index < -0.39 is 9.84 Å². The number of nitrogens with one attached hydrogen (secondary N) is 1. The normalized spacial score (nSPS) is 21.5. The largest absolute Gasteiger partial charge is 0.379 e. The Bertz CT molecular complexity index is 1080. The minimum Gasteiger partial charge on any atom is -0.379 e. The van der Waals surface area contributed by atoms with Crippen molar-refractivity contribution in [2.75, 3.05) is 44.4 Å². The molecule has 0 spiro atoms. The molecule has 2 saturated heterocycles. The lowest BCUT2D eigenvalue weighted by molar-refractivity contribution is -0.00924. The molecule has 2 fully saturated rings. The number of benzene rings is 1. The summed E-state index contributed by atoms with van der Waals surface area (Å²) in [6.45, 7) is 7.70. The molecule has 0 saturated carbocycles. The third-order valence-electron chi connectivity index (χ3n) is 6.21. The van der Waals surface area contributed by atoms with E-state index in [4.69, 9.17) is 16.3 Å². The van der Waals surface area contributed by atoms with E-state index in [-0.39, 0.29) is 34.7 Å². The summed E-state index contributed by atoms with van der Waals surface area (Å²) in [5, 5.41) is 8.15. The third kappa shape index (κ3) is 5.17. The number of nitrogens with zero attached hydrogens (tertiary/aromatic N) is 3. The zero-order valence-electron chi connectivity index (χ0n) is 18.4. The number of amides is 1. The molecule has 2 aromatic rings. The number of carbonyl (C=O) groups is 1. The second-order valence-electron chi connectivity index (χ2n) is 9.02. The minimum absolute atomic E-state index is 0.0282. The standard InChI is InChI=1S/C22H29ClN4O4S/c1-22(2,26-8-10-31-11-9-26)15-24-21(28)19-13-20(16-3-5-17(23)6-4-16)27(25-19)18-7-12-32(29,30)14-18/h3-6,13,18H,7-12,14-15H2,1-2H3,(H,24,28). The molecule has 174 valence electrons. The zero-order chi connectivity index (χ0) is 22.9. The highest BCUT2D eigenvalue weighted by atomic mass is 35.5. The Balaban J connectivity index is 1.56. The van der Waals surface area contributed by atoms with Crippen molar-refractivity contribution >= 4 is 27.3 Å². The van der Waals surface area contributed by atoms with Gasteiger partial charge in [0.15, 0.2) is 15.5 Å². The maximum absolute atomic E-state index is 13.0. The summed E-state index contributed by atoms with van der Waals surface area (Å²) in [6.07, 6.45) is 0.482. The maximum atomic E-state index is 13.0. The lowest BCUT2D eigenvalue weighted by Gasteiger charge is -2.40. The molecule has 8 nitrogen and oxygen atoms in total. The molecule has 1 atom stereocenters. The van der Waals surface area contributed by atoms with Crippen molar-refractivity contribution in [3.63, 3.8) is 0 Å². The predicted molar refractivity (Wildman–Crippen MR) is 124 cm³/mol. The minimum atomic E-state index is -3.10. The molecule has 0 radical (unpaired) electrons. The molecular formula is C22H29ClN4O4S. The summed E-state index contributed by atoms with van der Waals surface area (Å²) >= 11 is 6.03. The predicted octanol–water partition coefficient (Wildman–Crippen LogP) is 2.40. The first-order valence-electron chi connectivity index (χ1n) is 10.8. The monoisotopic (exact) mass is 480 g/mol. The van der Waals surface area contributed by atoms with Gasteiger partial charge in [-0.25, -0.2) is 8.42 Å². The quantitative estimate of drug-likeness (QED) is 0.682. The molecule has 4 rings (SSSR count). The number of hydrogen-bond acceptors (Lipinski definition) is 6. The number of rotatable bonds is 6. The Morgan fingerprint density at radius 3 is 2.56 bits per heavy atom. The van der Waals surface area contributed by atoms with Crippen LogP contribution in [0.25, 0.3) is 11.3 Å². The van der Waals surface area contributed by atoms with Gasteiger partial charge in [0.25, 0.3) is 5.91 Å². The van der Waals surface area contributed by atoms with Crippen LogP contribution in [0.3, 0.4) is 0 Å². The highest BCUT2D eigenvalue weighted by Gasteiger charge is 2.33. The van der Waals surface area contributed by atoms with E-state index in [9.17, 15) is 13.2 Å². The summed E-state index contributed by atoms with van der Waals surface area (Å²) in [7, 11) is -3.10. The Kier molecular flexibility index (Phi) is 6.63. The highest BCUT2D eigenvalue weighted by Crippen LogP contribution is 2.30. The van der Waals surface area contributed by atoms with E-state index >= 15 is 0 Å². The van der Waals surface area contributed by atoms with Crippen LogP contribution in [0, 0.1) is 0 Å². The Morgan fingerprint density at radius 2 is 1.94 bits per heavy atom. The van der Waals surface area contributed by atoms with Gasteiger partial charge in [0.1, 0.15) is 0 Å². The van der Waals surface area contributed by atoms with Crippen LogP contribution in [0.1, 0.15) is 36.8 Å². The second-order valence-corrected chi connectivity index (χ2v) is 11.7. The van der Waals surface area contributed by atoms with E-state index in [1.54, 1.807) is 22.9 Å². The first kappa shape index (κ1) is 23.2. The molecule has 10 heteroatoms. The number of sulfone groups is 1. The van der Waals surface area contributed by atoms with Crippen molar-refractivity contribution in [3.8, 4) is 11.3 Å². The fraction of sp³-hybridized carbons (Fsp3) is 0.545. The maximum Gasteiger partial charge on any atom is 0.271 e. The lowest BCUT2D eigenvalue weighted by Crippen LogP contribution is -2.55. The van der Waals surface area contributed by atoms with Crippen molar-refractivity contribution in [1.29, 1.82) is 0 Å². The molecule has 32 heavy (non-hydrogen) atoms. The summed E-state index contributed by atoms with van der Waals surface area (Å²) in [5.41, 5.74) is 1.60. The first-order chi connectivity index (χ1) is 15.1. The van der Waals surface area contributed by atoms with Crippen LogP contribution in [0.15, 0.2) is 30.3 Å². The van der Waals surface area contributed by atoms with E-state index in [2.05, 4.69) is 29.2 Å². The number of aromatic nitrogens is 2. The number of hydrogen-bond donors (Lipinski definition) is 1. The topological polar surface area (TPSA) is 93.5 Å². The van der Waals surface area contributed by atoms with Crippen LogP contribution in [0.2, 0.25) is 5.02 Å². The van der Waals surface area contributed by atoms with Gasteiger partial charge < -0.3 is 10.1 Å². The first-order valence-corrected chi connectivity index (χ1v) is 13.0. The Labute approximate surface area is 193 Å². The lowest BCUT2D eigenvalue weighted by atomic mass is 10.0. The number of ether oxygens (including phenoxy) is 1. The van der Waals surface area contributed by atoms with E-state index in [1.807, 2.05) is 12.1 Å². The average Bonchev–Trinajstić information content (AvgIpc) is 3.37. The van der Waals surface area contributed by atoms with Crippen molar-refractivity contribution < 1.29 is 17.9 Å². The van der Waals surface area contributed by atoms with Crippen LogP contribution < -0.4 is 5.32 Å². The van der Waals surface area contributed by atoms with Crippen molar-refractivity contribution in [3.05, 3.63) is 41.0 Å². The Hall–Kier alpha value is -1.94. The van der Waals surface area contributed by atoms with Crippen LogP contribution in [-0.2, 0) is 14.6 Å². The SMILES string of the molecule is CC(C)(CNC(=O)c1cc(-c2ccc(Cl)cc2)n(C2CCS(=O)(=O)C2)n1)N1CCOCC1. The van der Waals surface area contributed by atoms with Crippen molar-refractivity contribution in [2.45, 2.75) is 31.8 Å². The highest BCUT2D eigenvalue weighted by molar-refractivity contribution is 7.91. The van der Waals surface area contributed by atoms with Gasteiger partial charge in [0, 0.05) is 30.2 Å². The van der Waals surface area contributed by atoms with Crippen molar-refractivity contribution in [2.24, 2.45) is 0 Å². The van der Waals surface area contributed by atoms with E-state index in [0.717, 1.165) is 18.7 Å². The molecule has 1 N–H and O–H groups in total. The molecule has 2 aliphatic rings. The molecule has 1 amide bonds. The number of carbonyl (C=O) groups excluding carboxylic acids is 1. The molecule has 1 aromatic carbocycles. The van der Waals surface area contributed by atoms with Crippen LogP contribution in [0.4, 0.5) is 0 Å². The molecule has 0 bridgehead atoms. The summed E-state index contributed by atoms with van der Waals surface area (Å²) < 4.78 is 31.2. The summed E-state index contributed by atoms with van der Waals surface area (Å²) in [6, 6.07) is 8.67.